The number of hydrogen-bond donors (Lipinski definition) is 2. The number of hydrogen-bond acceptors (Lipinski definition) is 2. The number of benzene rings is 3. The standard InChI is InChI=1S/C29H28F2O2/c1-2-28-17-22(15-19-7-4-3-5-8-19)29(33,27-25(30)9-6-10-26(27)31)18-21(28)12-11-20-16-23(32)13-14-24(20)28/h3-10,13-16,21,32-33H,2,11-12,17-18H2,1H3/b22-15+/t21?,28-,29+/m1/s1. The Hall–Kier alpha value is -2.98. The van der Waals surface area contributed by atoms with Crippen molar-refractivity contribution in [3.05, 3.63) is 106 Å². The summed E-state index contributed by atoms with van der Waals surface area (Å²) in [5.41, 5.74) is 1.54. The lowest BCUT2D eigenvalue weighted by atomic mass is 9.51. The molecule has 0 aromatic heterocycles. The molecule has 3 aromatic rings. The highest BCUT2D eigenvalue weighted by molar-refractivity contribution is 5.59. The van der Waals surface area contributed by atoms with Gasteiger partial charge in [0.15, 0.2) is 0 Å². The maximum Gasteiger partial charge on any atom is 0.132 e. The predicted octanol–water partition coefficient (Wildman–Crippen LogP) is 6.65. The van der Waals surface area contributed by atoms with E-state index in [1.165, 1.54) is 23.8 Å². The van der Waals surface area contributed by atoms with Crippen molar-refractivity contribution < 1.29 is 19.0 Å². The van der Waals surface area contributed by atoms with E-state index in [9.17, 15) is 10.2 Å². The van der Waals surface area contributed by atoms with Gasteiger partial charge in [0.05, 0.1) is 5.56 Å². The summed E-state index contributed by atoms with van der Waals surface area (Å²) in [6.07, 6.45) is 5.03. The maximum atomic E-state index is 15.0. The summed E-state index contributed by atoms with van der Waals surface area (Å²) in [6.45, 7) is 2.14. The lowest BCUT2D eigenvalue weighted by molar-refractivity contribution is -0.0135. The number of fused-ring (bicyclic) bond motifs is 3. The molecule has 1 fully saturated rings. The van der Waals surface area contributed by atoms with E-state index in [2.05, 4.69) is 6.92 Å². The molecule has 33 heavy (non-hydrogen) atoms. The zero-order chi connectivity index (χ0) is 23.2. The van der Waals surface area contributed by atoms with Crippen LogP contribution in [0.25, 0.3) is 6.08 Å². The fraction of sp³-hybridized carbons (Fsp3) is 0.310. The monoisotopic (exact) mass is 446 g/mol. The second-order valence-corrected chi connectivity index (χ2v) is 9.50. The fourth-order valence-electron chi connectivity index (χ4n) is 6.29. The van der Waals surface area contributed by atoms with Crippen molar-refractivity contribution in [2.24, 2.45) is 5.92 Å². The average Bonchev–Trinajstić information content (AvgIpc) is 2.80. The fourth-order valence-corrected chi connectivity index (χ4v) is 6.29. The van der Waals surface area contributed by atoms with Gasteiger partial charge in [0.1, 0.15) is 23.0 Å². The Bertz CT molecular complexity index is 1200. The molecule has 3 atom stereocenters. The normalized spacial score (nSPS) is 27.8. The highest BCUT2D eigenvalue weighted by atomic mass is 19.1. The summed E-state index contributed by atoms with van der Waals surface area (Å²) in [6, 6.07) is 18.9. The van der Waals surface area contributed by atoms with Crippen molar-refractivity contribution in [1.82, 2.24) is 0 Å². The largest absolute Gasteiger partial charge is 0.508 e. The predicted molar refractivity (Wildman–Crippen MR) is 126 cm³/mol. The molecule has 4 heteroatoms. The van der Waals surface area contributed by atoms with Crippen LogP contribution in [0.4, 0.5) is 8.78 Å². The second kappa shape index (κ2) is 8.11. The minimum absolute atomic E-state index is 0.0523. The molecule has 0 aliphatic heterocycles. The van der Waals surface area contributed by atoms with E-state index < -0.39 is 17.2 Å². The smallest absolute Gasteiger partial charge is 0.132 e. The van der Waals surface area contributed by atoms with Crippen LogP contribution in [0, 0.1) is 17.6 Å². The van der Waals surface area contributed by atoms with Gasteiger partial charge in [0.25, 0.3) is 0 Å². The summed E-state index contributed by atoms with van der Waals surface area (Å²) in [4.78, 5) is 0. The van der Waals surface area contributed by atoms with Gasteiger partial charge in [0, 0.05) is 5.41 Å². The van der Waals surface area contributed by atoms with Gasteiger partial charge in [-0.05, 0) is 84.6 Å². The Kier molecular flexibility index (Phi) is 5.37. The summed E-state index contributed by atoms with van der Waals surface area (Å²) >= 11 is 0. The third-order valence-corrected chi connectivity index (χ3v) is 7.90. The first-order valence-corrected chi connectivity index (χ1v) is 11.6. The lowest BCUT2D eigenvalue weighted by Crippen LogP contribution is -2.50. The molecule has 1 saturated carbocycles. The molecular weight excluding hydrogens is 418 g/mol. The van der Waals surface area contributed by atoms with Crippen LogP contribution in [-0.4, -0.2) is 10.2 Å². The van der Waals surface area contributed by atoms with Crippen LogP contribution in [0.3, 0.4) is 0 Å². The number of phenolic OH excluding ortho intramolecular Hbond substituents is 1. The molecule has 2 aliphatic carbocycles. The van der Waals surface area contributed by atoms with Crippen LogP contribution in [-0.2, 0) is 17.4 Å². The van der Waals surface area contributed by atoms with Gasteiger partial charge in [-0.15, -0.1) is 0 Å². The molecule has 0 spiro atoms. The van der Waals surface area contributed by atoms with Gasteiger partial charge < -0.3 is 10.2 Å². The Labute approximate surface area is 193 Å². The van der Waals surface area contributed by atoms with Crippen molar-refractivity contribution in [3.63, 3.8) is 0 Å². The van der Waals surface area contributed by atoms with E-state index in [-0.39, 0.29) is 29.1 Å². The quantitative estimate of drug-likeness (QED) is 0.473. The molecule has 0 bridgehead atoms. The molecule has 2 nitrogen and oxygen atoms in total. The van der Waals surface area contributed by atoms with Gasteiger partial charge in [-0.3, -0.25) is 0 Å². The first kappa shape index (κ1) is 21.8. The van der Waals surface area contributed by atoms with Crippen molar-refractivity contribution in [3.8, 4) is 5.75 Å². The van der Waals surface area contributed by atoms with E-state index in [0.29, 0.717) is 12.0 Å². The van der Waals surface area contributed by atoms with E-state index >= 15 is 8.78 Å². The maximum absolute atomic E-state index is 15.0. The number of phenols is 1. The third kappa shape index (κ3) is 3.48. The van der Waals surface area contributed by atoms with Crippen LogP contribution in [0.1, 0.15) is 54.9 Å². The highest BCUT2D eigenvalue weighted by Gasteiger charge is 2.54. The average molecular weight is 447 g/mol. The summed E-state index contributed by atoms with van der Waals surface area (Å²) in [5, 5.41) is 22.1. The molecule has 1 unspecified atom stereocenters. The molecule has 2 N–H and O–H groups in total. The molecule has 0 amide bonds. The highest BCUT2D eigenvalue weighted by Crippen LogP contribution is 2.59. The second-order valence-electron chi connectivity index (χ2n) is 9.50. The Morgan fingerprint density at radius 3 is 2.42 bits per heavy atom. The number of aryl methyl sites for hydroxylation is 1. The first-order chi connectivity index (χ1) is 15.9. The molecule has 0 saturated heterocycles. The molecule has 170 valence electrons. The molecule has 3 aromatic carbocycles. The topological polar surface area (TPSA) is 40.5 Å². The number of aromatic hydroxyl groups is 1. The zero-order valence-electron chi connectivity index (χ0n) is 18.7. The summed E-state index contributed by atoms with van der Waals surface area (Å²) in [5.74, 6) is -1.14. The van der Waals surface area contributed by atoms with Gasteiger partial charge in [0.2, 0.25) is 0 Å². The number of halogens is 2. The van der Waals surface area contributed by atoms with Crippen molar-refractivity contribution in [2.45, 2.75) is 50.0 Å². The minimum atomic E-state index is -1.73. The first-order valence-electron chi connectivity index (χ1n) is 11.6. The SMILES string of the molecule is CC[C@@]12C/C(=C\c3ccccc3)[C@](O)(c3c(F)cccc3F)CC1CCc1cc(O)ccc12. The molecular formula is C29H28F2O2. The Morgan fingerprint density at radius 1 is 1.00 bits per heavy atom. The van der Waals surface area contributed by atoms with Crippen LogP contribution in [0.15, 0.2) is 72.3 Å². The molecule has 0 heterocycles. The van der Waals surface area contributed by atoms with E-state index in [4.69, 9.17) is 0 Å². The molecule has 0 radical (unpaired) electrons. The van der Waals surface area contributed by atoms with Crippen LogP contribution in [0.5, 0.6) is 5.75 Å². The summed E-state index contributed by atoms with van der Waals surface area (Å²) in [7, 11) is 0. The zero-order valence-corrected chi connectivity index (χ0v) is 18.7. The van der Waals surface area contributed by atoms with Gasteiger partial charge in [-0.2, -0.15) is 0 Å². The Balaban J connectivity index is 1.72. The van der Waals surface area contributed by atoms with E-state index in [1.807, 2.05) is 48.5 Å². The van der Waals surface area contributed by atoms with Crippen LogP contribution in [0.2, 0.25) is 0 Å². The number of rotatable bonds is 3. The van der Waals surface area contributed by atoms with Crippen molar-refractivity contribution in [2.75, 3.05) is 0 Å². The molecule has 5 rings (SSSR count). The van der Waals surface area contributed by atoms with Crippen LogP contribution >= 0.6 is 0 Å². The van der Waals surface area contributed by atoms with E-state index in [1.54, 1.807) is 6.07 Å². The van der Waals surface area contributed by atoms with Crippen molar-refractivity contribution in [1.29, 1.82) is 0 Å². The number of aliphatic hydroxyl groups is 1. The van der Waals surface area contributed by atoms with Crippen LogP contribution < -0.4 is 0 Å². The van der Waals surface area contributed by atoms with Gasteiger partial charge >= 0.3 is 0 Å². The Morgan fingerprint density at radius 2 is 1.73 bits per heavy atom. The minimum Gasteiger partial charge on any atom is -0.508 e. The summed E-state index contributed by atoms with van der Waals surface area (Å²) < 4.78 is 30.0. The lowest BCUT2D eigenvalue weighted by Gasteiger charge is -2.54. The third-order valence-electron chi connectivity index (χ3n) is 7.90. The van der Waals surface area contributed by atoms with E-state index in [0.717, 1.165) is 30.4 Å². The molecule has 2 aliphatic rings. The van der Waals surface area contributed by atoms with Crippen molar-refractivity contribution >= 4 is 6.08 Å². The van der Waals surface area contributed by atoms with Gasteiger partial charge in [-0.1, -0.05) is 55.5 Å². The van der Waals surface area contributed by atoms with Gasteiger partial charge in [-0.25, -0.2) is 8.78 Å².